The second-order valence-corrected chi connectivity index (χ2v) is 7.03. The van der Waals surface area contributed by atoms with E-state index in [0.29, 0.717) is 28.7 Å². The third kappa shape index (κ3) is 2.54. The largest absolute Gasteiger partial charge is 0.333 e. The van der Waals surface area contributed by atoms with E-state index in [2.05, 4.69) is 10.3 Å². The van der Waals surface area contributed by atoms with Crippen LogP contribution in [0.15, 0.2) is 36.5 Å². The number of carbonyl (C=O) groups is 2. The van der Waals surface area contributed by atoms with Crippen molar-refractivity contribution in [1.29, 1.82) is 0 Å². The summed E-state index contributed by atoms with van der Waals surface area (Å²) >= 11 is 7.28. The molecule has 1 aromatic carbocycles. The van der Waals surface area contributed by atoms with Crippen molar-refractivity contribution in [1.82, 2.24) is 9.55 Å². The Balaban J connectivity index is 1.60. The Bertz CT molecular complexity index is 930. The number of halogens is 1. The summed E-state index contributed by atoms with van der Waals surface area (Å²) in [4.78, 5) is 28.6. The molecule has 0 saturated heterocycles. The topological polar surface area (TPSA) is 64.0 Å². The molecule has 0 saturated carbocycles. The number of hydrogen-bond donors (Lipinski definition) is 1. The molecule has 1 N–H and O–H groups in total. The molecule has 3 heterocycles. The minimum absolute atomic E-state index is 0.0831. The molecule has 0 aliphatic carbocycles. The van der Waals surface area contributed by atoms with Gasteiger partial charge in [-0.25, -0.2) is 4.98 Å². The van der Waals surface area contributed by atoms with Gasteiger partial charge in [-0.2, -0.15) is 0 Å². The Morgan fingerprint density at radius 1 is 1.39 bits per heavy atom. The van der Waals surface area contributed by atoms with Crippen molar-refractivity contribution in [3.63, 3.8) is 0 Å². The van der Waals surface area contributed by atoms with Crippen LogP contribution in [0.1, 0.15) is 29.4 Å². The van der Waals surface area contributed by atoms with Crippen molar-refractivity contribution in [2.24, 2.45) is 0 Å². The minimum atomic E-state index is -0.363. The third-order valence-corrected chi connectivity index (χ3v) is 5.10. The monoisotopic (exact) mass is 345 g/mol. The van der Waals surface area contributed by atoms with Crippen LogP contribution in [0.25, 0.3) is 10.2 Å². The normalized spacial score (nSPS) is 17.3. The van der Waals surface area contributed by atoms with Crippen LogP contribution in [0, 0.1) is 0 Å². The zero-order chi connectivity index (χ0) is 16.0. The van der Waals surface area contributed by atoms with Crippen LogP contribution in [0.4, 0.5) is 5.69 Å². The molecule has 1 unspecified atom stereocenters. The summed E-state index contributed by atoms with van der Waals surface area (Å²) in [6, 6.07) is 8.69. The number of Topliss-reactive ketones (excluding diaryl/α,β-unsaturated/α-hetero) is 1. The van der Waals surface area contributed by atoms with Crippen LogP contribution in [-0.2, 0) is 4.79 Å². The van der Waals surface area contributed by atoms with E-state index < -0.39 is 0 Å². The van der Waals surface area contributed by atoms with E-state index in [0.717, 1.165) is 10.2 Å². The lowest BCUT2D eigenvalue weighted by Gasteiger charge is -2.24. The zero-order valence-corrected chi connectivity index (χ0v) is 13.5. The predicted molar refractivity (Wildman–Crippen MR) is 90.3 cm³/mol. The number of benzene rings is 1. The number of rotatable bonds is 2. The number of carbonyl (C=O) groups excluding carboxylic acids is 2. The molecule has 0 radical (unpaired) electrons. The molecule has 1 atom stereocenters. The highest BCUT2D eigenvalue weighted by molar-refractivity contribution is 7.22. The summed E-state index contributed by atoms with van der Waals surface area (Å²) in [7, 11) is 0. The zero-order valence-electron chi connectivity index (χ0n) is 12.0. The Morgan fingerprint density at radius 2 is 2.26 bits per heavy atom. The summed E-state index contributed by atoms with van der Waals surface area (Å²) in [5.74, 6) is -0.0373. The highest BCUT2D eigenvalue weighted by Crippen LogP contribution is 2.30. The van der Waals surface area contributed by atoms with Gasteiger partial charge in [0.05, 0.1) is 15.9 Å². The van der Waals surface area contributed by atoms with Gasteiger partial charge in [-0.05, 0) is 36.8 Å². The second kappa shape index (κ2) is 5.47. The first kappa shape index (κ1) is 14.4. The van der Waals surface area contributed by atoms with Crippen molar-refractivity contribution in [2.45, 2.75) is 18.9 Å². The quantitative estimate of drug-likeness (QED) is 0.766. The minimum Gasteiger partial charge on any atom is -0.333 e. The van der Waals surface area contributed by atoms with Crippen LogP contribution in [0.2, 0.25) is 4.47 Å². The van der Waals surface area contributed by atoms with Crippen molar-refractivity contribution >= 4 is 50.5 Å². The molecular formula is C16H12ClN3O2S. The summed E-state index contributed by atoms with van der Waals surface area (Å²) in [5, 5.41) is 2.92. The van der Waals surface area contributed by atoms with Gasteiger partial charge in [0, 0.05) is 18.3 Å². The molecule has 2 aromatic heterocycles. The summed E-state index contributed by atoms with van der Waals surface area (Å²) in [6.07, 6.45) is 2.69. The maximum atomic E-state index is 12.6. The highest BCUT2D eigenvalue weighted by Gasteiger charge is 2.29. The Hall–Kier alpha value is -2.18. The maximum Gasteiger partial charge on any atom is 0.247 e. The first-order valence-electron chi connectivity index (χ1n) is 7.19. The smallest absolute Gasteiger partial charge is 0.247 e. The van der Waals surface area contributed by atoms with Gasteiger partial charge in [-0.1, -0.05) is 11.6 Å². The van der Waals surface area contributed by atoms with E-state index in [4.69, 9.17) is 11.6 Å². The molecule has 0 bridgehead atoms. The Labute approximate surface area is 140 Å². The number of aromatic nitrogens is 2. The van der Waals surface area contributed by atoms with Gasteiger partial charge in [0.1, 0.15) is 6.04 Å². The van der Waals surface area contributed by atoms with Crippen LogP contribution in [-0.4, -0.2) is 21.2 Å². The number of thiazole rings is 1. The fraction of sp³-hybridized carbons (Fsp3) is 0.188. The van der Waals surface area contributed by atoms with Gasteiger partial charge in [0.15, 0.2) is 10.3 Å². The standard InChI is InChI=1S/C16H12ClN3O2S/c17-16-19-10-4-3-9(8-14(10)23-16)18-15(22)12-5-6-13(21)11-2-1-7-20(11)12/h1-4,7-8,12H,5-6H2,(H,18,22). The second-order valence-electron chi connectivity index (χ2n) is 5.42. The van der Waals surface area contributed by atoms with Gasteiger partial charge in [-0.3, -0.25) is 9.59 Å². The van der Waals surface area contributed by atoms with Gasteiger partial charge in [0.25, 0.3) is 0 Å². The van der Waals surface area contributed by atoms with Crippen LogP contribution in [0.3, 0.4) is 0 Å². The molecule has 1 aliphatic rings. The third-order valence-electron chi connectivity index (χ3n) is 3.98. The lowest BCUT2D eigenvalue weighted by molar-refractivity contribution is -0.119. The van der Waals surface area contributed by atoms with Crippen molar-refractivity contribution < 1.29 is 9.59 Å². The predicted octanol–water partition coefficient (Wildman–Crippen LogP) is 3.91. The van der Waals surface area contributed by atoms with E-state index in [1.807, 2.05) is 12.1 Å². The highest BCUT2D eigenvalue weighted by atomic mass is 35.5. The number of ketones is 1. The van der Waals surface area contributed by atoms with E-state index in [-0.39, 0.29) is 17.7 Å². The fourth-order valence-corrected chi connectivity index (χ4v) is 3.96. The molecule has 7 heteroatoms. The lowest BCUT2D eigenvalue weighted by Crippen LogP contribution is -2.31. The SMILES string of the molecule is O=C1CCC(C(=O)Nc2ccc3nc(Cl)sc3c2)n2cccc21. The van der Waals surface area contributed by atoms with Crippen molar-refractivity contribution in [3.05, 3.63) is 46.7 Å². The summed E-state index contributed by atoms with van der Waals surface area (Å²) in [5.41, 5.74) is 2.11. The molecule has 0 fully saturated rings. The van der Waals surface area contributed by atoms with E-state index in [9.17, 15) is 9.59 Å². The Morgan fingerprint density at radius 3 is 3.13 bits per heavy atom. The molecule has 5 nitrogen and oxygen atoms in total. The number of anilines is 1. The van der Waals surface area contributed by atoms with E-state index >= 15 is 0 Å². The summed E-state index contributed by atoms with van der Waals surface area (Å²) in [6.45, 7) is 0. The number of hydrogen-bond acceptors (Lipinski definition) is 4. The average molecular weight is 346 g/mol. The molecule has 116 valence electrons. The molecular weight excluding hydrogens is 334 g/mol. The summed E-state index contributed by atoms with van der Waals surface area (Å²) < 4.78 is 3.16. The molecule has 23 heavy (non-hydrogen) atoms. The van der Waals surface area contributed by atoms with Crippen LogP contribution >= 0.6 is 22.9 Å². The molecule has 3 aromatic rings. The molecule has 0 spiro atoms. The fourth-order valence-electron chi connectivity index (χ4n) is 2.89. The molecule has 1 amide bonds. The van der Waals surface area contributed by atoms with Gasteiger partial charge >= 0.3 is 0 Å². The number of amides is 1. The maximum absolute atomic E-state index is 12.6. The number of nitrogens with zero attached hydrogens (tertiary/aromatic N) is 2. The van der Waals surface area contributed by atoms with Gasteiger partial charge in [0.2, 0.25) is 5.91 Å². The van der Waals surface area contributed by atoms with Crippen LogP contribution < -0.4 is 5.32 Å². The molecule has 1 aliphatic heterocycles. The van der Waals surface area contributed by atoms with Gasteiger partial charge < -0.3 is 9.88 Å². The van der Waals surface area contributed by atoms with Gasteiger partial charge in [-0.15, -0.1) is 11.3 Å². The van der Waals surface area contributed by atoms with E-state index in [1.54, 1.807) is 29.0 Å². The lowest BCUT2D eigenvalue weighted by atomic mass is 10.0. The number of nitrogens with one attached hydrogen (secondary N) is 1. The van der Waals surface area contributed by atoms with E-state index in [1.165, 1.54) is 11.3 Å². The Kier molecular flexibility index (Phi) is 3.43. The van der Waals surface area contributed by atoms with Crippen LogP contribution in [0.5, 0.6) is 0 Å². The number of fused-ring (bicyclic) bond motifs is 2. The van der Waals surface area contributed by atoms with Crippen molar-refractivity contribution in [3.8, 4) is 0 Å². The van der Waals surface area contributed by atoms with Crippen molar-refractivity contribution in [2.75, 3.05) is 5.32 Å². The first-order chi connectivity index (χ1) is 11.1. The first-order valence-corrected chi connectivity index (χ1v) is 8.38. The molecule has 4 rings (SSSR count). The average Bonchev–Trinajstić information content (AvgIpc) is 3.13.